The van der Waals surface area contributed by atoms with E-state index in [4.69, 9.17) is 23.2 Å². The van der Waals surface area contributed by atoms with Crippen molar-refractivity contribution in [2.45, 2.75) is 71.6 Å². The van der Waals surface area contributed by atoms with Crippen LogP contribution in [0.4, 0.5) is 0 Å². The Bertz CT molecular complexity index is 1560. The molecule has 0 atom stereocenters. The van der Waals surface area contributed by atoms with E-state index in [1.165, 1.54) is 71.9 Å². The molecule has 0 radical (unpaired) electrons. The first kappa shape index (κ1) is 40.3. The molecule has 5 aromatic carbocycles. The van der Waals surface area contributed by atoms with E-state index in [1.54, 1.807) is 0 Å². The SMILES string of the molecule is CC(C)(C)c1c[c-]c2c(c1)-c1cc(C(C)(C)C)ccc1C2.Clc1ccccc1C[C](=[Zr+2])Cc1ccccc1Cl.[Cl-].[Cl-].c1cc[cH-]c1. The van der Waals surface area contributed by atoms with Crippen LogP contribution in [0.25, 0.3) is 11.1 Å². The second kappa shape index (κ2) is 18.1. The van der Waals surface area contributed by atoms with Crippen LogP contribution in [0.2, 0.25) is 10.0 Å². The van der Waals surface area contributed by atoms with Crippen molar-refractivity contribution in [2.24, 2.45) is 0 Å². The van der Waals surface area contributed by atoms with E-state index in [0.29, 0.717) is 0 Å². The Morgan fingerprint density at radius 2 is 1.20 bits per heavy atom. The molecule has 0 aliphatic heterocycles. The van der Waals surface area contributed by atoms with Gasteiger partial charge in [0.05, 0.1) is 0 Å². The molecule has 0 fully saturated rings. The van der Waals surface area contributed by atoms with Crippen LogP contribution in [0.1, 0.15) is 74.9 Å². The Labute approximate surface area is 314 Å². The average Bonchev–Trinajstić information content (AvgIpc) is 3.66. The van der Waals surface area contributed by atoms with Gasteiger partial charge >= 0.3 is 133 Å². The molecule has 0 nitrogen and oxygen atoms in total. The molecule has 0 N–H and O–H groups in total. The number of halogens is 4. The largest absolute Gasteiger partial charge is 1.00 e. The smallest absolute Gasteiger partial charge is 0.172 e. The molecular weight excluding hydrogens is 725 g/mol. The van der Waals surface area contributed by atoms with Crippen molar-refractivity contribution in [3.63, 3.8) is 0 Å². The van der Waals surface area contributed by atoms with Crippen molar-refractivity contribution >= 4 is 26.4 Å². The van der Waals surface area contributed by atoms with Gasteiger partial charge in [-0.2, -0.15) is 47.5 Å². The van der Waals surface area contributed by atoms with Gasteiger partial charge in [-0.25, -0.2) is 12.1 Å². The van der Waals surface area contributed by atoms with E-state index < -0.39 is 0 Å². The molecule has 0 bridgehead atoms. The van der Waals surface area contributed by atoms with Crippen LogP contribution < -0.4 is 24.8 Å². The third-order valence-corrected chi connectivity index (χ3v) is 9.41. The van der Waals surface area contributed by atoms with E-state index in [2.05, 4.69) is 90.1 Å². The van der Waals surface area contributed by atoms with Crippen LogP contribution in [0.3, 0.4) is 0 Å². The molecule has 6 rings (SSSR count). The van der Waals surface area contributed by atoms with Gasteiger partial charge in [-0.3, -0.25) is 0 Å². The van der Waals surface area contributed by atoms with Crippen molar-refractivity contribution in [2.75, 3.05) is 0 Å². The standard InChI is InChI=1S/C21H25.C15H12Cl2.C5H5.2ClH.Zr/c1-20(2,3)16-9-7-14-11-15-8-10-17(21(4,5)6)13-19(15)18(14)12-16;16-14-10-3-1-6-12(14)8-5-9-13-7-2-4-11-15(13)17;1-2-4-5-3-1;;;/h7,9-10,12-13H,11H2,1-6H3;1-4,6-7,10-11H,8-9H2;1-5H;2*1H;/q-1;;-1;;;+2/p-2. The summed E-state index contributed by atoms with van der Waals surface area (Å²) in [6.07, 6.45) is 2.89. The maximum atomic E-state index is 6.17. The predicted molar refractivity (Wildman–Crippen MR) is 188 cm³/mol. The van der Waals surface area contributed by atoms with Crippen molar-refractivity contribution in [1.29, 1.82) is 0 Å². The fourth-order valence-corrected chi connectivity index (χ4v) is 6.45. The van der Waals surface area contributed by atoms with Gasteiger partial charge < -0.3 is 24.8 Å². The third-order valence-electron chi connectivity index (χ3n) is 7.81. The molecular formula is C41H42Cl4Zr-2. The Morgan fingerprint density at radius 1 is 0.696 bits per heavy atom. The third kappa shape index (κ3) is 11.4. The van der Waals surface area contributed by atoms with Gasteiger partial charge in [-0.05, 0) is 17.4 Å². The van der Waals surface area contributed by atoms with Crippen LogP contribution in [-0.4, -0.2) is 3.21 Å². The Hall–Kier alpha value is -1.86. The minimum absolute atomic E-state index is 0. The molecule has 1 aliphatic rings. The zero-order chi connectivity index (χ0) is 31.9. The Morgan fingerprint density at radius 3 is 1.65 bits per heavy atom. The first-order valence-corrected chi connectivity index (χ1v) is 17.2. The average molecular weight is 768 g/mol. The number of hydrogen-bond acceptors (Lipinski definition) is 0. The molecule has 0 amide bonds. The van der Waals surface area contributed by atoms with Crippen LogP contribution in [0.5, 0.6) is 0 Å². The molecule has 0 saturated carbocycles. The summed E-state index contributed by atoms with van der Waals surface area (Å²) in [5.74, 6) is 0. The second-order valence-corrected chi connectivity index (χ2v) is 16.0. The summed E-state index contributed by atoms with van der Waals surface area (Å²) >= 11 is 13.8. The van der Waals surface area contributed by atoms with Gasteiger partial charge in [0.15, 0.2) is 0 Å². The molecule has 1 aliphatic carbocycles. The number of fused-ring (bicyclic) bond motifs is 3. The fraction of sp³-hybridized carbons (Fsp3) is 0.268. The summed E-state index contributed by atoms with van der Waals surface area (Å²) in [6.45, 7) is 13.6. The summed E-state index contributed by atoms with van der Waals surface area (Å²) in [7, 11) is 0. The summed E-state index contributed by atoms with van der Waals surface area (Å²) in [4.78, 5) is 0. The van der Waals surface area contributed by atoms with Gasteiger partial charge in [0.1, 0.15) is 0 Å². The first-order valence-electron chi connectivity index (χ1n) is 15.2. The van der Waals surface area contributed by atoms with E-state index in [9.17, 15) is 0 Å². The number of benzene rings is 4. The minimum Gasteiger partial charge on any atom is -1.00 e. The van der Waals surface area contributed by atoms with Crippen LogP contribution in [-0.2, 0) is 54.3 Å². The maximum absolute atomic E-state index is 6.17. The molecule has 0 aromatic heterocycles. The van der Waals surface area contributed by atoms with E-state index >= 15 is 0 Å². The van der Waals surface area contributed by atoms with Gasteiger partial charge in [-0.1, -0.05) is 76.3 Å². The van der Waals surface area contributed by atoms with Crippen LogP contribution in [0, 0.1) is 6.07 Å². The van der Waals surface area contributed by atoms with Crippen molar-refractivity contribution in [1.82, 2.24) is 0 Å². The summed E-state index contributed by atoms with van der Waals surface area (Å²) in [6, 6.07) is 41.1. The van der Waals surface area contributed by atoms with E-state index in [1.807, 2.05) is 66.7 Å². The minimum atomic E-state index is 0. The zero-order valence-corrected chi connectivity index (χ0v) is 33.0. The van der Waals surface area contributed by atoms with E-state index in [-0.39, 0.29) is 35.6 Å². The Balaban J connectivity index is 0.000000270. The topological polar surface area (TPSA) is 0 Å². The molecule has 0 saturated heterocycles. The molecule has 0 heterocycles. The molecule has 240 valence electrons. The summed E-state index contributed by atoms with van der Waals surface area (Å²) < 4.78 is 1.45. The fourth-order valence-electron chi connectivity index (χ4n) is 5.11. The predicted octanol–water partition coefficient (Wildman–Crippen LogP) is 5.56. The van der Waals surface area contributed by atoms with Crippen molar-refractivity contribution in [3.05, 3.63) is 159 Å². The molecule has 5 heteroatoms. The molecule has 0 unspecified atom stereocenters. The second-order valence-electron chi connectivity index (χ2n) is 13.4. The van der Waals surface area contributed by atoms with Gasteiger partial charge in [0.2, 0.25) is 0 Å². The van der Waals surface area contributed by atoms with Crippen molar-refractivity contribution in [3.8, 4) is 11.1 Å². The van der Waals surface area contributed by atoms with Gasteiger partial charge in [0, 0.05) is 0 Å². The quantitative estimate of drug-likeness (QED) is 0.206. The molecule has 46 heavy (non-hydrogen) atoms. The van der Waals surface area contributed by atoms with Gasteiger partial charge in [-0.15, -0.1) is 5.56 Å². The first-order chi connectivity index (χ1) is 20.8. The van der Waals surface area contributed by atoms with E-state index in [0.717, 1.165) is 29.3 Å². The monoisotopic (exact) mass is 764 g/mol. The maximum Gasteiger partial charge on any atom is -0.172 e. The Kier molecular flexibility index (Phi) is 15.8. The van der Waals surface area contributed by atoms with Crippen LogP contribution >= 0.6 is 23.2 Å². The summed E-state index contributed by atoms with van der Waals surface area (Å²) in [5, 5.41) is 1.69. The summed E-state index contributed by atoms with van der Waals surface area (Å²) in [5.41, 5.74) is 11.1. The number of rotatable bonds is 4. The van der Waals surface area contributed by atoms with Gasteiger partial charge in [0.25, 0.3) is 0 Å². The van der Waals surface area contributed by atoms with Crippen molar-refractivity contribution < 1.29 is 49.0 Å². The number of hydrogen-bond donors (Lipinski definition) is 0. The molecule has 5 aromatic rings. The normalized spacial score (nSPS) is 11.3. The zero-order valence-electron chi connectivity index (χ0n) is 27.5. The molecule has 0 spiro atoms. The van der Waals surface area contributed by atoms with Crippen LogP contribution in [0.15, 0.2) is 109 Å².